The largest absolute Gasteiger partial charge is 0.497 e. The summed E-state index contributed by atoms with van der Waals surface area (Å²) in [7, 11) is 5.34. The highest BCUT2D eigenvalue weighted by Gasteiger charge is 2.16. The van der Waals surface area contributed by atoms with Crippen molar-refractivity contribution in [2.75, 3.05) is 32.8 Å². The van der Waals surface area contributed by atoms with Gasteiger partial charge in [0.1, 0.15) is 30.5 Å². The van der Waals surface area contributed by atoms with Crippen molar-refractivity contribution in [1.29, 1.82) is 0 Å². The van der Waals surface area contributed by atoms with E-state index in [4.69, 9.17) is 18.9 Å². The number of anilines is 2. The van der Waals surface area contributed by atoms with E-state index in [1.807, 2.05) is 49.5 Å². The Balaban J connectivity index is 1.56. The van der Waals surface area contributed by atoms with Gasteiger partial charge in [-0.05, 0) is 36.4 Å². The number of benzene rings is 2. The maximum Gasteiger partial charge on any atom is 0.163 e. The van der Waals surface area contributed by atoms with Gasteiger partial charge in [0, 0.05) is 47.7 Å². The predicted octanol–water partition coefficient (Wildman–Crippen LogP) is 4.77. The molecule has 3 heterocycles. The molecule has 2 aromatic heterocycles. The van der Waals surface area contributed by atoms with E-state index in [0.29, 0.717) is 13.2 Å². The Morgan fingerprint density at radius 3 is 2.39 bits per heavy atom. The van der Waals surface area contributed by atoms with Gasteiger partial charge in [0.15, 0.2) is 11.5 Å². The molecule has 0 aliphatic carbocycles. The quantitative estimate of drug-likeness (QED) is 0.504. The van der Waals surface area contributed by atoms with Crippen molar-refractivity contribution in [2.45, 2.75) is 0 Å². The van der Waals surface area contributed by atoms with Gasteiger partial charge in [-0.25, -0.2) is 4.98 Å². The highest BCUT2D eigenvalue weighted by atomic mass is 16.6. The van der Waals surface area contributed by atoms with E-state index in [0.717, 1.165) is 56.7 Å². The molecule has 158 valence electrons. The molecule has 31 heavy (non-hydrogen) atoms. The number of nitrogens with zero attached hydrogens (tertiary/aromatic N) is 2. The van der Waals surface area contributed by atoms with Crippen LogP contribution in [0.3, 0.4) is 0 Å². The molecule has 0 amide bonds. The second-order valence-electron chi connectivity index (χ2n) is 7.27. The summed E-state index contributed by atoms with van der Waals surface area (Å²) in [6.45, 7) is 1.12. The van der Waals surface area contributed by atoms with Gasteiger partial charge >= 0.3 is 0 Å². The van der Waals surface area contributed by atoms with Crippen molar-refractivity contribution in [3.8, 4) is 34.3 Å². The maximum absolute atomic E-state index is 5.70. The standard InChI is InChI=1S/C24H23N3O4/c1-27-20-6-7-25-24(26-16-4-5-22-23(12-16)31-9-8-30-22)19(20)14-21(27)15-10-17(28-2)13-18(11-15)29-3/h4-7,10-14H,8-9H2,1-3H3,(H,25,26). The van der Waals surface area contributed by atoms with Crippen LogP contribution in [0.5, 0.6) is 23.0 Å². The molecule has 1 N–H and O–H groups in total. The van der Waals surface area contributed by atoms with Crippen molar-refractivity contribution in [3.63, 3.8) is 0 Å². The van der Waals surface area contributed by atoms with Crippen LogP contribution in [0, 0.1) is 0 Å². The number of fused-ring (bicyclic) bond motifs is 2. The van der Waals surface area contributed by atoms with Crippen LogP contribution in [0.25, 0.3) is 22.2 Å². The van der Waals surface area contributed by atoms with E-state index in [9.17, 15) is 0 Å². The summed E-state index contributed by atoms with van der Waals surface area (Å²) in [4.78, 5) is 4.58. The molecule has 2 aromatic carbocycles. The molecule has 0 radical (unpaired) electrons. The van der Waals surface area contributed by atoms with Crippen LogP contribution in [0.15, 0.2) is 54.7 Å². The highest BCUT2D eigenvalue weighted by molar-refractivity contribution is 5.96. The Hall–Kier alpha value is -3.87. The fourth-order valence-corrected chi connectivity index (χ4v) is 3.85. The number of nitrogens with one attached hydrogen (secondary N) is 1. The number of methoxy groups -OCH3 is 2. The third-order valence-corrected chi connectivity index (χ3v) is 5.42. The second kappa shape index (κ2) is 7.75. The third-order valence-electron chi connectivity index (χ3n) is 5.42. The van der Waals surface area contributed by atoms with E-state index >= 15 is 0 Å². The molecule has 5 rings (SSSR count). The number of rotatable bonds is 5. The van der Waals surface area contributed by atoms with E-state index in [-0.39, 0.29) is 0 Å². The van der Waals surface area contributed by atoms with Gasteiger partial charge in [-0.3, -0.25) is 0 Å². The van der Waals surface area contributed by atoms with Crippen molar-refractivity contribution < 1.29 is 18.9 Å². The van der Waals surface area contributed by atoms with Crippen LogP contribution in [-0.2, 0) is 7.05 Å². The number of ether oxygens (including phenoxy) is 4. The van der Waals surface area contributed by atoms with Crippen molar-refractivity contribution in [1.82, 2.24) is 9.55 Å². The molecule has 7 nitrogen and oxygen atoms in total. The van der Waals surface area contributed by atoms with Gasteiger partial charge in [0.25, 0.3) is 0 Å². The molecular weight excluding hydrogens is 394 g/mol. The van der Waals surface area contributed by atoms with Crippen LogP contribution >= 0.6 is 0 Å². The summed E-state index contributed by atoms with van der Waals surface area (Å²) >= 11 is 0. The molecule has 7 heteroatoms. The fourth-order valence-electron chi connectivity index (χ4n) is 3.85. The van der Waals surface area contributed by atoms with Crippen LogP contribution in [0.2, 0.25) is 0 Å². The minimum atomic E-state index is 0.552. The zero-order valence-corrected chi connectivity index (χ0v) is 17.6. The van der Waals surface area contributed by atoms with Gasteiger partial charge in [-0.15, -0.1) is 0 Å². The van der Waals surface area contributed by atoms with Crippen molar-refractivity contribution in [2.24, 2.45) is 7.05 Å². The van der Waals surface area contributed by atoms with Gasteiger partial charge in [0.2, 0.25) is 0 Å². The van der Waals surface area contributed by atoms with Gasteiger partial charge < -0.3 is 28.8 Å². The first kappa shape index (κ1) is 19.1. The molecule has 0 saturated heterocycles. The van der Waals surface area contributed by atoms with Gasteiger partial charge in [-0.1, -0.05) is 0 Å². The molecule has 0 unspecified atom stereocenters. The lowest BCUT2D eigenvalue weighted by atomic mass is 10.1. The van der Waals surface area contributed by atoms with Gasteiger partial charge in [0.05, 0.1) is 19.7 Å². The number of hydrogen-bond donors (Lipinski definition) is 1. The zero-order valence-electron chi connectivity index (χ0n) is 17.6. The summed E-state index contributed by atoms with van der Waals surface area (Å²) in [5, 5.41) is 4.44. The summed E-state index contributed by atoms with van der Waals surface area (Å²) in [5.41, 5.74) is 3.98. The molecule has 4 aromatic rings. The van der Waals surface area contributed by atoms with E-state index < -0.39 is 0 Å². The minimum Gasteiger partial charge on any atom is -0.497 e. The topological polar surface area (TPSA) is 66.8 Å². The van der Waals surface area contributed by atoms with Crippen LogP contribution in [0.1, 0.15) is 0 Å². The smallest absolute Gasteiger partial charge is 0.163 e. The average molecular weight is 417 g/mol. The van der Waals surface area contributed by atoms with E-state index in [1.165, 1.54) is 0 Å². The Bertz CT molecular complexity index is 1240. The van der Waals surface area contributed by atoms with Crippen LogP contribution in [-0.4, -0.2) is 37.0 Å². The lowest BCUT2D eigenvalue weighted by Gasteiger charge is -2.19. The molecule has 0 bridgehead atoms. The predicted molar refractivity (Wildman–Crippen MR) is 120 cm³/mol. The van der Waals surface area contributed by atoms with E-state index in [1.54, 1.807) is 20.4 Å². The first-order valence-electron chi connectivity index (χ1n) is 10.0. The normalized spacial score (nSPS) is 12.6. The monoisotopic (exact) mass is 417 g/mol. The Labute approximate surface area is 180 Å². The highest BCUT2D eigenvalue weighted by Crippen LogP contribution is 2.37. The summed E-state index contributed by atoms with van der Waals surface area (Å²) < 4.78 is 24.3. The zero-order chi connectivity index (χ0) is 21.4. The Kier molecular flexibility index (Phi) is 4.78. The summed E-state index contributed by atoms with van der Waals surface area (Å²) in [6.07, 6.45) is 1.80. The molecule has 1 aliphatic heterocycles. The summed E-state index contributed by atoms with van der Waals surface area (Å²) in [6, 6.07) is 15.8. The maximum atomic E-state index is 5.70. The molecule has 0 fully saturated rings. The fraction of sp³-hybridized carbons (Fsp3) is 0.208. The first-order chi connectivity index (χ1) is 15.2. The SMILES string of the molecule is COc1cc(OC)cc(-c2cc3c(Nc4ccc5c(c4)OCCO5)nccc3n2C)c1. The average Bonchev–Trinajstić information content (AvgIpc) is 3.16. The number of aryl methyl sites for hydroxylation is 1. The van der Waals surface area contributed by atoms with Crippen LogP contribution in [0.4, 0.5) is 11.5 Å². The molecule has 0 saturated carbocycles. The second-order valence-corrected chi connectivity index (χ2v) is 7.27. The number of hydrogen-bond acceptors (Lipinski definition) is 6. The molecule has 0 atom stereocenters. The first-order valence-corrected chi connectivity index (χ1v) is 10.0. The third kappa shape index (κ3) is 3.48. The summed E-state index contributed by atoms with van der Waals surface area (Å²) in [5.74, 6) is 3.75. The van der Waals surface area contributed by atoms with Crippen LogP contribution < -0.4 is 24.3 Å². The molecular formula is C24H23N3O4. The number of pyridine rings is 1. The molecule has 1 aliphatic rings. The van der Waals surface area contributed by atoms with Gasteiger partial charge in [-0.2, -0.15) is 0 Å². The van der Waals surface area contributed by atoms with E-state index in [2.05, 4.69) is 20.9 Å². The number of aromatic nitrogens is 2. The lowest BCUT2D eigenvalue weighted by Crippen LogP contribution is -2.15. The van der Waals surface area contributed by atoms with Crippen molar-refractivity contribution in [3.05, 3.63) is 54.7 Å². The minimum absolute atomic E-state index is 0.552. The Morgan fingerprint density at radius 2 is 1.65 bits per heavy atom. The Morgan fingerprint density at radius 1 is 0.903 bits per heavy atom. The molecule has 0 spiro atoms. The van der Waals surface area contributed by atoms with Crippen molar-refractivity contribution >= 4 is 22.4 Å². The lowest BCUT2D eigenvalue weighted by molar-refractivity contribution is 0.171.